The number of aliphatic hydroxyl groups excluding tert-OH is 2. The van der Waals surface area contributed by atoms with Crippen LogP contribution in [0.4, 0.5) is 0 Å². The maximum atomic E-state index is 13.2. The molecule has 18 heteroatoms. The van der Waals surface area contributed by atoms with Crippen molar-refractivity contribution in [1.29, 1.82) is 0 Å². The maximum Gasteiger partial charge on any atom is 0.340 e. The lowest BCUT2D eigenvalue weighted by molar-refractivity contribution is -0.352. The Morgan fingerprint density at radius 3 is 2.04 bits per heavy atom. The lowest BCUT2D eigenvalue weighted by Gasteiger charge is -2.66. The number of esters is 2. The van der Waals surface area contributed by atoms with E-state index in [9.17, 15) is 30.0 Å². The molecule has 0 bridgehead atoms. The van der Waals surface area contributed by atoms with Gasteiger partial charge in [-0.3, -0.25) is 9.78 Å². The number of methoxy groups -OCH3 is 3. The third-order valence-corrected chi connectivity index (χ3v) is 18.1. The van der Waals surface area contributed by atoms with E-state index >= 15 is 0 Å². The molecule has 0 unspecified atom stereocenters. The number of carbonyl (C=O) groups is 2. The van der Waals surface area contributed by atoms with Crippen molar-refractivity contribution in [3.8, 4) is 0 Å². The van der Waals surface area contributed by atoms with E-state index in [0.29, 0.717) is 19.3 Å². The van der Waals surface area contributed by atoms with Crippen molar-refractivity contribution >= 4 is 11.9 Å². The van der Waals surface area contributed by atoms with Gasteiger partial charge in [-0.2, -0.15) is 0 Å². The summed E-state index contributed by atoms with van der Waals surface area (Å²) in [5.74, 6) is -1.03. The maximum absolute atomic E-state index is 13.2. The summed E-state index contributed by atoms with van der Waals surface area (Å²) in [6, 6.07) is 3.24. The first-order valence-corrected chi connectivity index (χ1v) is 24.8. The van der Waals surface area contributed by atoms with Crippen LogP contribution in [0.3, 0.4) is 0 Å². The van der Waals surface area contributed by atoms with Crippen molar-refractivity contribution < 1.29 is 82.1 Å². The zero-order valence-corrected chi connectivity index (χ0v) is 41.4. The van der Waals surface area contributed by atoms with Gasteiger partial charge < -0.3 is 72.5 Å². The highest BCUT2D eigenvalue weighted by molar-refractivity contribution is 5.89. The van der Waals surface area contributed by atoms with E-state index in [4.69, 9.17) is 52.1 Å². The molecule has 18 nitrogen and oxygen atoms in total. The molecule has 4 N–H and O–H groups in total. The highest BCUT2D eigenvalue weighted by Gasteiger charge is 2.77. The second kappa shape index (κ2) is 20.2. The number of pyridine rings is 1. The van der Waals surface area contributed by atoms with Gasteiger partial charge in [-0.15, -0.1) is 0 Å². The minimum atomic E-state index is -1.68. The molecule has 0 spiro atoms. The molecular formula is C50H77NO17. The lowest BCUT2D eigenvalue weighted by Crippen LogP contribution is -2.72. The van der Waals surface area contributed by atoms with Crippen LogP contribution in [0.25, 0.3) is 0 Å². The molecule has 3 aliphatic heterocycles. The Balaban J connectivity index is 0.889. The van der Waals surface area contributed by atoms with Crippen LogP contribution in [0.1, 0.15) is 123 Å². The van der Waals surface area contributed by atoms with Crippen LogP contribution < -0.4 is 0 Å². The second-order valence-electron chi connectivity index (χ2n) is 21.4. The number of carbonyl (C=O) groups excluding carboxylic acids is 2. The van der Waals surface area contributed by atoms with Gasteiger partial charge in [0.15, 0.2) is 18.9 Å². The molecule has 23 atom stereocenters. The predicted molar refractivity (Wildman–Crippen MR) is 239 cm³/mol. The molecule has 0 radical (unpaired) electrons. The van der Waals surface area contributed by atoms with Crippen molar-refractivity contribution in [2.45, 2.75) is 222 Å². The third-order valence-electron chi connectivity index (χ3n) is 18.1. The number of ether oxygens (including phenoxy) is 11. The highest BCUT2D eigenvalue weighted by Crippen LogP contribution is 2.71. The van der Waals surface area contributed by atoms with Gasteiger partial charge in [0.25, 0.3) is 0 Å². The van der Waals surface area contributed by atoms with Gasteiger partial charge >= 0.3 is 11.9 Å². The lowest BCUT2D eigenvalue weighted by atomic mass is 9.42. The Hall–Kier alpha value is -2.43. The fourth-order valence-corrected chi connectivity index (χ4v) is 14.1. The van der Waals surface area contributed by atoms with Gasteiger partial charge in [-0.25, -0.2) is 4.79 Å². The van der Waals surface area contributed by atoms with Gasteiger partial charge in [0.1, 0.15) is 48.3 Å². The average Bonchev–Trinajstić information content (AvgIpc) is 3.53. The summed E-state index contributed by atoms with van der Waals surface area (Å²) in [6.45, 7) is 12.6. The summed E-state index contributed by atoms with van der Waals surface area (Å²) in [7, 11) is 4.66. The van der Waals surface area contributed by atoms with Gasteiger partial charge in [-0.1, -0.05) is 13.8 Å². The normalized spacial score (nSPS) is 48.6. The Morgan fingerprint density at radius 2 is 1.43 bits per heavy atom. The van der Waals surface area contributed by atoms with Crippen molar-refractivity contribution in [3.63, 3.8) is 0 Å². The van der Waals surface area contributed by atoms with E-state index in [2.05, 4.69) is 11.9 Å². The number of hydrogen-bond donors (Lipinski definition) is 4. The Bertz CT molecular complexity index is 1900. The minimum absolute atomic E-state index is 0.000786. The number of aliphatic hydroxyl groups is 4. The Labute approximate surface area is 400 Å². The van der Waals surface area contributed by atoms with Gasteiger partial charge in [0.2, 0.25) is 0 Å². The highest BCUT2D eigenvalue weighted by atomic mass is 16.8. The Morgan fingerprint density at radius 1 is 0.765 bits per heavy atom. The van der Waals surface area contributed by atoms with Crippen LogP contribution in [0, 0.1) is 28.6 Å². The largest absolute Gasteiger partial charge is 0.462 e. The topological polar surface area (TPSA) is 229 Å². The van der Waals surface area contributed by atoms with Crippen LogP contribution in [0.2, 0.25) is 0 Å². The van der Waals surface area contributed by atoms with Crippen LogP contribution in [-0.2, 0) is 56.9 Å². The molecule has 68 heavy (non-hydrogen) atoms. The zero-order chi connectivity index (χ0) is 49.1. The molecule has 4 heterocycles. The molecule has 4 aliphatic carbocycles. The van der Waals surface area contributed by atoms with E-state index in [-0.39, 0.29) is 53.8 Å². The number of rotatable bonds is 13. The van der Waals surface area contributed by atoms with Gasteiger partial charge in [0, 0.05) is 53.5 Å². The average molecular weight is 964 g/mol. The standard InChI is InChI=1S/C50H77NO17/c1-25-40(53)44(60-10)41(54)46(63-25)68-43-27(3)62-39(23-36(43)59-9)67-42-26(2)61-38(22-35(42)58-8)66-32-15-16-47(6)31(20-32)13-14-33-34(47)21-37(65-29(5)52)48(7)49(56,17-18-50(33,48)57)28(4)64-45(55)30-12-11-19-51-24-30/h11-12,19,24-28,31-44,46,53-54,56-57H,13-18,20-23H2,1-10H3/t25-,26-,27-,28+,31+,32+,33-,34+,35+,36-,37-,38+,39+,40-,41-,42-,43-,44+,46+,47+,48-,49-,50+/m1/s1. The molecule has 1 aromatic rings. The van der Waals surface area contributed by atoms with E-state index < -0.39 is 115 Å². The fraction of sp³-hybridized carbons (Fsp3) is 0.860. The molecule has 0 aromatic carbocycles. The van der Waals surface area contributed by atoms with Crippen LogP contribution in [0.5, 0.6) is 0 Å². The van der Waals surface area contributed by atoms with E-state index in [0.717, 1.165) is 32.1 Å². The van der Waals surface area contributed by atoms with Crippen molar-refractivity contribution in [2.75, 3.05) is 21.3 Å². The molecule has 1 aromatic heterocycles. The van der Waals surface area contributed by atoms with Crippen LogP contribution in [-0.4, -0.2) is 168 Å². The smallest absolute Gasteiger partial charge is 0.340 e. The number of hydrogen-bond acceptors (Lipinski definition) is 18. The second-order valence-corrected chi connectivity index (χ2v) is 21.4. The number of fused-ring (bicyclic) bond motifs is 5. The fourth-order valence-electron chi connectivity index (χ4n) is 14.1. The molecule has 7 aliphatic rings. The first kappa shape index (κ1) is 51.9. The van der Waals surface area contributed by atoms with Crippen molar-refractivity contribution in [1.82, 2.24) is 4.98 Å². The molecule has 3 saturated heterocycles. The summed E-state index contributed by atoms with van der Waals surface area (Å²) in [5, 5.41) is 47.1. The monoisotopic (exact) mass is 964 g/mol. The third kappa shape index (κ3) is 9.08. The molecule has 4 saturated carbocycles. The summed E-state index contributed by atoms with van der Waals surface area (Å²) in [4.78, 5) is 30.1. The zero-order valence-electron chi connectivity index (χ0n) is 41.4. The van der Waals surface area contributed by atoms with E-state index in [1.165, 1.54) is 20.2 Å². The summed E-state index contributed by atoms with van der Waals surface area (Å²) >= 11 is 0. The van der Waals surface area contributed by atoms with Crippen molar-refractivity contribution in [3.05, 3.63) is 30.1 Å². The van der Waals surface area contributed by atoms with E-state index in [1.54, 1.807) is 46.4 Å². The van der Waals surface area contributed by atoms with Crippen LogP contribution >= 0.6 is 0 Å². The number of aromatic nitrogens is 1. The quantitative estimate of drug-likeness (QED) is 0.162. The summed E-state index contributed by atoms with van der Waals surface area (Å²) < 4.78 is 67.7. The Kier molecular flexibility index (Phi) is 15.4. The predicted octanol–water partition coefficient (Wildman–Crippen LogP) is 3.99. The van der Waals surface area contributed by atoms with Crippen molar-refractivity contribution in [2.24, 2.45) is 28.6 Å². The molecule has 0 amide bonds. The van der Waals surface area contributed by atoms with Gasteiger partial charge in [0.05, 0.1) is 53.2 Å². The first-order chi connectivity index (χ1) is 32.2. The molecule has 384 valence electrons. The molecular weight excluding hydrogens is 887 g/mol. The SMILES string of the molecule is CO[C@@H]1[C@@H](O)[C@H](O[C@@H]2[C@@H](C)O[C@@H](O[C@H]3[C@@H](OC)C[C@H](O[C@H]4CC[C@@]5(C)[C@@H](CC[C@@H]6[C@@H]5C[C@@H](OC(C)=O)[C@]5(C)[C@](O)([C@H](C)OC(=O)c7cccnc7)CC[C@]65O)C4)O[C@@H]3C)C[C@H]2OC)O[C@H](C)[C@H]1O. The van der Waals surface area contributed by atoms with Crippen LogP contribution in [0.15, 0.2) is 24.5 Å². The van der Waals surface area contributed by atoms with Gasteiger partial charge in [-0.05, 0) is 114 Å². The molecule has 8 rings (SSSR count). The minimum Gasteiger partial charge on any atom is -0.462 e. The first-order valence-electron chi connectivity index (χ1n) is 24.8. The summed E-state index contributed by atoms with van der Waals surface area (Å²) in [6.07, 6.45) is -2.20. The molecule has 7 fully saturated rings. The van der Waals surface area contributed by atoms with E-state index in [1.807, 2.05) is 20.8 Å². The summed E-state index contributed by atoms with van der Waals surface area (Å²) in [5.41, 5.74) is -4.35. The number of nitrogens with zero attached hydrogens (tertiary/aromatic N) is 1.